The molecule has 0 aliphatic carbocycles. The summed E-state index contributed by atoms with van der Waals surface area (Å²) in [6.07, 6.45) is 0.860. The number of anilines is 3. The van der Waals surface area contributed by atoms with Gasteiger partial charge in [0.15, 0.2) is 0 Å². The predicted octanol–water partition coefficient (Wildman–Crippen LogP) is 4.69. The number of amides is 5. The maximum absolute atomic E-state index is 14.5. The largest absolute Gasteiger partial charge is 0.573 e. The SMILES string of the molecule is CC(=O)Nc1cnccc1C(C)C1(C(C)c2ccncc2NC(C)=O)NC(=O)N(c2ccc(OC(F)(F)F)cc2)C1=O. The Morgan fingerprint density at radius 2 is 1.36 bits per heavy atom. The molecule has 3 heterocycles. The Labute approximate surface area is 238 Å². The number of pyridine rings is 2. The van der Waals surface area contributed by atoms with Crippen LogP contribution in [0.3, 0.4) is 0 Å². The van der Waals surface area contributed by atoms with Gasteiger partial charge in [0.1, 0.15) is 11.3 Å². The van der Waals surface area contributed by atoms with Gasteiger partial charge < -0.3 is 20.7 Å². The summed E-state index contributed by atoms with van der Waals surface area (Å²) in [6.45, 7) is 6.01. The second-order valence-corrected chi connectivity index (χ2v) is 9.71. The van der Waals surface area contributed by atoms with Crippen molar-refractivity contribution in [2.24, 2.45) is 0 Å². The lowest BCUT2D eigenvalue weighted by atomic mass is 9.69. The molecule has 14 heteroatoms. The zero-order chi connectivity index (χ0) is 30.8. The molecule has 1 fully saturated rings. The van der Waals surface area contributed by atoms with Gasteiger partial charge in [0, 0.05) is 38.1 Å². The topological polar surface area (TPSA) is 143 Å². The van der Waals surface area contributed by atoms with Gasteiger partial charge in [0.05, 0.1) is 29.5 Å². The van der Waals surface area contributed by atoms with Crippen LogP contribution in [0.15, 0.2) is 61.2 Å². The standard InChI is InChI=1S/C28H27F3N6O5/c1-15(21-9-11-32-13-23(21)34-17(3)38)27(16(2)22-10-12-33-14-24(22)35-18(4)39)25(40)37(26(41)36-27)19-5-7-20(8-6-19)42-28(29,30)31/h5-16H,1-4H3,(H,34,38)(H,35,39)(H,36,41). The fourth-order valence-electron chi connectivity index (χ4n) is 5.20. The molecule has 1 saturated heterocycles. The fraction of sp³-hybridized carbons (Fsp3) is 0.286. The average Bonchev–Trinajstić information content (AvgIpc) is 3.18. The number of hydrogen-bond donors (Lipinski definition) is 3. The predicted molar refractivity (Wildman–Crippen MR) is 146 cm³/mol. The van der Waals surface area contributed by atoms with Crippen LogP contribution in [0.2, 0.25) is 0 Å². The van der Waals surface area contributed by atoms with E-state index in [2.05, 4.69) is 30.7 Å². The van der Waals surface area contributed by atoms with Crippen LogP contribution in [0.25, 0.3) is 0 Å². The maximum atomic E-state index is 14.5. The number of nitrogens with zero attached hydrogens (tertiary/aromatic N) is 3. The molecule has 0 radical (unpaired) electrons. The van der Waals surface area contributed by atoms with E-state index in [4.69, 9.17) is 0 Å². The third-order valence-electron chi connectivity index (χ3n) is 7.03. The number of carbonyl (C=O) groups excluding carboxylic acids is 4. The van der Waals surface area contributed by atoms with Crippen LogP contribution in [0.5, 0.6) is 5.75 Å². The van der Waals surface area contributed by atoms with Crippen molar-refractivity contribution in [1.29, 1.82) is 0 Å². The Balaban J connectivity index is 1.86. The normalized spacial score (nSPS) is 18.2. The van der Waals surface area contributed by atoms with Crippen molar-refractivity contribution < 1.29 is 37.1 Å². The molecule has 2 aromatic heterocycles. The van der Waals surface area contributed by atoms with E-state index in [0.29, 0.717) is 22.5 Å². The Kier molecular flexibility index (Phi) is 8.18. The number of halogens is 3. The Bertz CT molecular complexity index is 1460. The Hall–Kier alpha value is -5.01. The number of imide groups is 1. The van der Waals surface area contributed by atoms with Crippen molar-refractivity contribution >= 4 is 40.8 Å². The smallest absolute Gasteiger partial charge is 0.406 e. The van der Waals surface area contributed by atoms with Crippen LogP contribution in [0.1, 0.15) is 50.7 Å². The molecule has 5 amide bonds. The molecule has 0 saturated carbocycles. The molecule has 42 heavy (non-hydrogen) atoms. The van der Waals surface area contributed by atoms with Gasteiger partial charge in [-0.25, -0.2) is 9.69 Å². The molecule has 2 atom stereocenters. The number of nitrogens with one attached hydrogen (secondary N) is 3. The van der Waals surface area contributed by atoms with E-state index >= 15 is 0 Å². The van der Waals surface area contributed by atoms with Crippen molar-refractivity contribution in [2.75, 3.05) is 15.5 Å². The van der Waals surface area contributed by atoms with Gasteiger partial charge in [0.25, 0.3) is 5.91 Å². The molecule has 3 aromatic rings. The zero-order valence-corrected chi connectivity index (χ0v) is 22.9. The third kappa shape index (κ3) is 5.87. The van der Waals surface area contributed by atoms with Gasteiger partial charge in [-0.15, -0.1) is 13.2 Å². The van der Waals surface area contributed by atoms with Crippen LogP contribution in [-0.2, 0) is 14.4 Å². The summed E-state index contributed by atoms with van der Waals surface area (Å²) in [5.41, 5.74) is -0.133. The van der Waals surface area contributed by atoms with Crippen molar-refractivity contribution in [2.45, 2.75) is 51.4 Å². The third-order valence-corrected chi connectivity index (χ3v) is 7.03. The van der Waals surface area contributed by atoms with Gasteiger partial charge in [0.2, 0.25) is 11.8 Å². The Morgan fingerprint density at radius 3 is 1.79 bits per heavy atom. The Morgan fingerprint density at radius 1 is 0.881 bits per heavy atom. The summed E-state index contributed by atoms with van der Waals surface area (Å²) in [5.74, 6) is -3.64. The number of carbonyl (C=O) groups is 4. The molecule has 4 rings (SSSR count). The van der Waals surface area contributed by atoms with Gasteiger partial charge in [-0.05, 0) is 47.5 Å². The number of urea groups is 1. The van der Waals surface area contributed by atoms with E-state index < -0.39 is 41.4 Å². The zero-order valence-electron chi connectivity index (χ0n) is 22.9. The van der Waals surface area contributed by atoms with Crippen LogP contribution >= 0.6 is 0 Å². The molecule has 1 aliphatic heterocycles. The van der Waals surface area contributed by atoms with Crippen LogP contribution in [-0.4, -0.2) is 45.6 Å². The van der Waals surface area contributed by atoms with E-state index in [9.17, 15) is 32.3 Å². The second-order valence-electron chi connectivity index (χ2n) is 9.71. The molecular formula is C28H27F3N6O5. The monoisotopic (exact) mass is 584 g/mol. The summed E-state index contributed by atoms with van der Waals surface area (Å²) in [4.78, 5) is 60.9. The lowest BCUT2D eigenvalue weighted by Crippen LogP contribution is -2.55. The summed E-state index contributed by atoms with van der Waals surface area (Å²) < 4.78 is 42.0. The molecule has 3 N–H and O–H groups in total. The highest BCUT2D eigenvalue weighted by atomic mass is 19.4. The number of benzene rings is 1. The molecule has 11 nitrogen and oxygen atoms in total. The number of aromatic nitrogens is 2. The van der Waals surface area contributed by atoms with Gasteiger partial charge in [-0.1, -0.05) is 13.8 Å². The first kappa shape index (κ1) is 30.0. The van der Waals surface area contributed by atoms with Crippen LogP contribution in [0, 0.1) is 0 Å². The minimum absolute atomic E-state index is 0.00178. The molecular weight excluding hydrogens is 557 g/mol. The van der Waals surface area contributed by atoms with Crippen molar-refractivity contribution in [3.05, 3.63) is 72.3 Å². The number of hydrogen-bond acceptors (Lipinski definition) is 7. The lowest BCUT2D eigenvalue weighted by molar-refractivity contribution is -0.274. The molecule has 2 unspecified atom stereocenters. The van der Waals surface area contributed by atoms with Crippen molar-refractivity contribution in [3.8, 4) is 5.75 Å². The van der Waals surface area contributed by atoms with Crippen LogP contribution in [0.4, 0.5) is 35.0 Å². The molecule has 0 bridgehead atoms. The lowest BCUT2D eigenvalue weighted by Gasteiger charge is -2.39. The quantitative estimate of drug-likeness (QED) is 0.326. The van der Waals surface area contributed by atoms with Crippen molar-refractivity contribution in [3.63, 3.8) is 0 Å². The number of rotatable bonds is 8. The van der Waals surface area contributed by atoms with E-state index in [1.807, 2.05) is 0 Å². The van der Waals surface area contributed by atoms with E-state index in [1.165, 1.54) is 38.6 Å². The average molecular weight is 585 g/mol. The molecule has 220 valence electrons. The second kappa shape index (κ2) is 11.5. The van der Waals surface area contributed by atoms with Gasteiger partial charge in [-0.3, -0.25) is 24.4 Å². The number of alkyl halides is 3. The summed E-state index contributed by atoms with van der Waals surface area (Å²) >= 11 is 0. The molecule has 1 aliphatic rings. The van der Waals surface area contributed by atoms with Crippen molar-refractivity contribution in [1.82, 2.24) is 15.3 Å². The first-order valence-corrected chi connectivity index (χ1v) is 12.7. The first-order chi connectivity index (χ1) is 19.7. The van der Waals surface area contributed by atoms with Gasteiger partial charge >= 0.3 is 12.4 Å². The minimum Gasteiger partial charge on any atom is -0.406 e. The highest BCUT2D eigenvalue weighted by molar-refractivity contribution is 6.24. The molecule has 0 spiro atoms. The fourth-order valence-corrected chi connectivity index (χ4v) is 5.20. The molecule has 1 aromatic carbocycles. The van der Waals surface area contributed by atoms with Crippen LogP contribution < -0.4 is 25.6 Å². The van der Waals surface area contributed by atoms with E-state index in [0.717, 1.165) is 29.2 Å². The highest BCUT2D eigenvalue weighted by Crippen LogP contribution is 2.47. The summed E-state index contributed by atoms with van der Waals surface area (Å²) in [7, 11) is 0. The van der Waals surface area contributed by atoms with E-state index in [-0.39, 0.29) is 17.5 Å². The maximum Gasteiger partial charge on any atom is 0.573 e. The minimum atomic E-state index is -4.92. The van der Waals surface area contributed by atoms with E-state index in [1.54, 1.807) is 26.0 Å². The summed E-state index contributed by atoms with van der Waals surface area (Å²) in [5, 5.41) is 8.22. The van der Waals surface area contributed by atoms with Gasteiger partial charge in [-0.2, -0.15) is 0 Å². The number of ether oxygens (including phenoxy) is 1. The highest BCUT2D eigenvalue weighted by Gasteiger charge is 2.59. The summed E-state index contributed by atoms with van der Waals surface area (Å²) in [6, 6.07) is 6.70. The first-order valence-electron chi connectivity index (χ1n) is 12.7.